The summed E-state index contributed by atoms with van der Waals surface area (Å²) >= 11 is 1.67. The van der Waals surface area contributed by atoms with Crippen molar-refractivity contribution in [3.05, 3.63) is 39.8 Å². The van der Waals surface area contributed by atoms with E-state index in [4.69, 9.17) is 9.84 Å². The van der Waals surface area contributed by atoms with Crippen molar-refractivity contribution < 1.29 is 14.6 Å². The molecular weight excluding hydrogens is 252 g/mol. The van der Waals surface area contributed by atoms with E-state index in [1.807, 2.05) is 17.5 Å². The maximum atomic E-state index is 10.8. The Kier molecular flexibility index (Phi) is 3.88. The summed E-state index contributed by atoms with van der Waals surface area (Å²) in [6, 6.07) is 4.24. The van der Waals surface area contributed by atoms with Crippen LogP contribution in [0.25, 0.3) is 0 Å². The number of carboxylic acids is 1. The molecule has 2 aromatic heterocycles. The molecule has 0 fully saturated rings. The Morgan fingerprint density at radius 3 is 3.00 bits per heavy atom. The smallest absolute Gasteiger partial charge is 0.339 e. The van der Waals surface area contributed by atoms with Crippen LogP contribution in [0, 0.1) is 6.92 Å². The number of thiophene rings is 1. The predicted octanol–water partition coefficient (Wildman–Crippen LogP) is 2.17. The van der Waals surface area contributed by atoms with Crippen LogP contribution in [0.5, 0.6) is 6.01 Å². The van der Waals surface area contributed by atoms with Gasteiger partial charge in [-0.1, -0.05) is 6.07 Å². The summed E-state index contributed by atoms with van der Waals surface area (Å²) in [6.45, 7) is 2.10. The second-order valence-corrected chi connectivity index (χ2v) is 4.67. The topological polar surface area (TPSA) is 72.3 Å². The molecule has 0 saturated heterocycles. The number of rotatable bonds is 5. The van der Waals surface area contributed by atoms with Crippen molar-refractivity contribution in [2.45, 2.75) is 13.3 Å². The van der Waals surface area contributed by atoms with E-state index in [1.54, 1.807) is 18.3 Å². The average Bonchev–Trinajstić information content (AvgIpc) is 2.81. The summed E-state index contributed by atoms with van der Waals surface area (Å²) in [6.07, 6.45) is 2.06. The number of hydrogen-bond acceptors (Lipinski definition) is 5. The first kappa shape index (κ1) is 12.5. The maximum Gasteiger partial charge on any atom is 0.339 e. The summed E-state index contributed by atoms with van der Waals surface area (Å²) in [5, 5.41) is 10.8. The lowest BCUT2D eigenvalue weighted by atomic mass is 10.2. The van der Waals surface area contributed by atoms with Crippen LogP contribution in [0.2, 0.25) is 0 Å². The van der Waals surface area contributed by atoms with Gasteiger partial charge in [0, 0.05) is 17.5 Å². The van der Waals surface area contributed by atoms with Gasteiger partial charge in [-0.05, 0) is 18.4 Å². The van der Waals surface area contributed by atoms with Gasteiger partial charge in [0.1, 0.15) is 0 Å². The molecule has 0 aliphatic rings. The quantitative estimate of drug-likeness (QED) is 0.896. The summed E-state index contributed by atoms with van der Waals surface area (Å²) in [7, 11) is 0. The zero-order valence-electron chi connectivity index (χ0n) is 9.79. The van der Waals surface area contributed by atoms with E-state index >= 15 is 0 Å². The second kappa shape index (κ2) is 5.59. The molecule has 0 saturated carbocycles. The Morgan fingerprint density at radius 1 is 1.56 bits per heavy atom. The Bertz CT molecular complexity index is 540. The minimum absolute atomic E-state index is 0.0978. The standard InChI is InChI=1S/C12H12N2O3S/c1-8-10(11(15)16)7-13-12(14-8)17-5-4-9-3-2-6-18-9/h2-3,6-7H,4-5H2,1H3,(H,15,16). The molecule has 0 amide bonds. The highest BCUT2D eigenvalue weighted by molar-refractivity contribution is 7.09. The van der Waals surface area contributed by atoms with Gasteiger partial charge in [0.2, 0.25) is 0 Å². The van der Waals surface area contributed by atoms with E-state index in [-0.39, 0.29) is 11.6 Å². The first-order valence-electron chi connectivity index (χ1n) is 5.39. The van der Waals surface area contributed by atoms with E-state index in [9.17, 15) is 4.79 Å². The van der Waals surface area contributed by atoms with Crippen molar-refractivity contribution >= 4 is 17.3 Å². The minimum atomic E-state index is -1.03. The van der Waals surface area contributed by atoms with Crippen molar-refractivity contribution in [1.82, 2.24) is 9.97 Å². The third kappa shape index (κ3) is 3.04. The van der Waals surface area contributed by atoms with E-state index in [0.29, 0.717) is 12.3 Å². The van der Waals surface area contributed by atoms with Gasteiger partial charge >= 0.3 is 12.0 Å². The number of aromatic nitrogens is 2. The molecule has 1 N–H and O–H groups in total. The van der Waals surface area contributed by atoms with Crippen LogP contribution in [0.4, 0.5) is 0 Å². The van der Waals surface area contributed by atoms with Crippen molar-refractivity contribution in [2.75, 3.05) is 6.61 Å². The molecule has 18 heavy (non-hydrogen) atoms. The molecule has 0 aliphatic heterocycles. The molecule has 94 valence electrons. The Hall–Kier alpha value is -1.95. The highest BCUT2D eigenvalue weighted by Crippen LogP contribution is 2.11. The molecular formula is C12H12N2O3S. The lowest BCUT2D eigenvalue weighted by Gasteiger charge is -2.05. The number of aromatic carboxylic acids is 1. The van der Waals surface area contributed by atoms with Crippen LogP contribution < -0.4 is 4.74 Å². The number of ether oxygens (including phenoxy) is 1. The Balaban J connectivity index is 1.94. The molecule has 2 rings (SSSR count). The summed E-state index contributed by atoms with van der Waals surface area (Å²) in [4.78, 5) is 19.9. The van der Waals surface area contributed by atoms with Crippen LogP contribution in [0.3, 0.4) is 0 Å². The van der Waals surface area contributed by atoms with Crippen LogP contribution in [-0.4, -0.2) is 27.7 Å². The monoisotopic (exact) mass is 264 g/mol. The van der Waals surface area contributed by atoms with Crippen LogP contribution in [0.1, 0.15) is 20.9 Å². The van der Waals surface area contributed by atoms with Crippen LogP contribution in [-0.2, 0) is 6.42 Å². The lowest BCUT2D eigenvalue weighted by Crippen LogP contribution is -2.07. The van der Waals surface area contributed by atoms with E-state index in [1.165, 1.54) is 11.1 Å². The highest BCUT2D eigenvalue weighted by Gasteiger charge is 2.10. The number of carbonyl (C=O) groups is 1. The summed E-state index contributed by atoms with van der Waals surface area (Å²) in [5.41, 5.74) is 0.504. The Morgan fingerprint density at radius 2 is 2.39 bits per heavy atom. The van der Waals surface area contributed by atoms with E-state index in [0.717, 1.165) is 6.42 Å². The second-order valence-electron chi connectivity index (χ2n) is 3.63. The van der Waals surface area contributed by atoms with Gasteiger partial charge < -0.3 is 9.84 Å². The Labute approximate surface area is 108 Å². The molecule has 0 spiro atoms. The lowest BCUT2D eigenvalue weighted by molar-refractivity contribution is 0.0695. The number of hydrogen-bond donors (Lipinski definition) is 1. The van der Waals surface area contributed by atoms with Crippen molar-refractivity contribution in [2.24, 2.45) is 0 Å². The zero-order valence-corrected chi connectivity index (χ0v) is 10.6. The van der Waals surface area contributed by atoms with Gasteiger partial charge in [-0.25, -0.2) is 9.78 Å². The summed E-state index contributed by atoms with van der Waals surface area (Å²) < 4.78 is 5.39. The highest BCUT2D eigenvalue weighted by atomic mass is 32.1. The fraction of sp³-hybridized carbons (Fsp3) is 0.250. The van der Waals surface area contributed by atoms with Crippen LogP contribution >= 0.6 is 11.3 Å². The van der Waals surface area contributed by atoms with Gasteiger partial charge in [0.05, 0.1) is 17.9 Å². The molecule has 0 aromatic carbocycles. The minimum Gasteiger partial charge on any atom is -0.478 e. The zero-order chi connectivity index (χ0) is 13.0. The van der Waals surface area contributed by atoms with Crippen molar-refractivity contribution in [1.29, 1.82) is 0 Å². The largest absolute Gasteiger partial charge is 0.478 e. The van der Waals surface area contributed by atoms with Crippen molar-refractivity contribution in [3.63, 3.8) is 0 Å². The molecule has 0 radical (unpaired) electrons. The first-order valence-corrected chi connectivity index (χ1v) is 6.27. The van der Waals surface area contributed by atoms with E-state index < -0.39 is 5.97 Å². The normalized spacial score (nSPS) is 10.3. The molecule has 6 heteroatoms. The van der Waals surface area contributed by atoms with E-state index in [2.05, 4.69) is 9.97 Å². The number of aryl methyl sites for hydroxylation is 1. The molecule has 2 aromatic rings. The number of carboxylic acid groups (broad SMARTS) is 1. The number of nitrogens with zero attached hydrogens (tertiary/aromatic N) is 2. The molecule has 0 unspecified atom stereocenters. The molecule has 0 aliphatic carbocycles. The van der Waals surface area contributed by atoms with Gasteiger partial charge in [0.15, 0.2) is 0 Å². The first-order chi connectivity index (χ1) is 8.66. The summed E-state index contributed by atoms with van der Waals surface area (Å²) in [5.74, 6) is -1.03. The van der Waals surface area contributed by atoms with Crippen LogP contribution in [0.15, 0.2) is 23.7 Å². The molecule has 2 heterocycles. The fourth-order valence-electron chi connectivity index (χ4n) is 1.42. The van der Waals surface area contributed by atoms with Gasteiger partial charge in [-0.3, -0.25) is 0 Å². The third-order valence-corrected chi connectivity index (χ3v) is 3.28. The fourth-order valence-corrected chi connectivity index (χ4v) is 2.11. The maximum absolute atomic E-state index is 10.8. The molecule has 0 atom stereocenters. The predicted molar refractivity (Wildman–Crippen MR) is 67.2 cm³/mol. The van der Waals surface area contributed by atoms with Crippen molar-refractivity contribution in [3.8, 4) is 6.01 Å². The van der Waals surface area contributed by atoms with Gasteiger partial charge in [-0.15, -0.1) is 11.3 Å². The average molecular weight is 264 g/mol. The third-order valence-electron chi connectivity index (χ3n) is 2.35. The molecule has 5 nitrogen and oxygen atoms in total. The van der Waals surface area contributed by atoms with Gasteiger partial charge in [0.25, 0.3) is 0 Å². The SMILES string of the molecule is Cc1nc(OCCc2cccs2)ncc1C(=O)O. The van der Waals surface area contributed by atoms with Gasteiger partial charge in [-0.2, -0.15) is 4.98 Å². The molecule has 0 bridgehead atoms.